The van der Waals surface area contributed by atoms with Crippen LogP contribution in [0.3, 0.4) is 0 Å². The Morgan fingerprint density at radius 3 is 2.24 bits per heavy atom. The van der Waals surface area contributed by atoms with Crippen LogP contribution in [0.1, 0.15) is 24.2 Å². The van der Waals surface area contributed by atoms with Crippen LogP contribution in [0.25, 0.3) is 0 Å². The SMILES string of the molecule is CNC(Oc1ccc(C(=O)OC)cc1)C(C)C. The fourth-order valence-corrected chi connectivity index (χ4v) is 1.46. The van der Waals surface area contributed by atoms with Crippen LogP contribution in [-0.4, -0.2) is 26.4 Å². The number of carbonyl (C=O) groups is 1. The first kappa shape index (κ1) is 13.5. The maximum absolute atomic E-state index is 11.2. The molecular formula is C13H19NO3. The van der Waals surface area contributed by atoms with Crippen LogP contribution in [-0.2, 0) is 4.74 Å². The first-order valence-corrected chi connectivity index (χ1v) is 5.60. The molecule has 1 unspecified atom stereocenters. The number of nitrogens with one attached hydrogen (secondary N) is 1. The highest BCUT2D eigenvalue weighted by atomic mass is 16.5. The molecule has 0 fully saturated rings. The summed E-state index contributed by atoms with van der Waals surface area (Å²) in [6, 6.07) is 6.90. The zero-order valence-electron chi connectivity index (χ0n) is 10.7. The van der Waals surface area contributed by atoms with Crippen LogP contribution in [0.15, 0.2) is 24.3 Å². The minimum atomic E-state index is -0.342. The summed E-state index contributed by atoms with van der Waals surface area (Å²) >= 11 is 0. The molecule has 0 aliphatic carbocycles. The maximum atomic E-state index is 11.2. The van der Waals surface area contributed by atoms with Crippen molar-refractivity contribution in [2.75, 3.05) is 14.2 Å². The molecule has 1 rings (SSSR count). The van der Waals surface area contributed by atoms with Crippen LogP contribution >= 0.6 is 0 Å². The molecule has 0 spiro atoms. The summed E-state index contributed by atoms with van der Waals surface area (Å²) in [6.45, 7) is 4.15. The zero-order valence-corrected chi connectivity index (χ0v) is 10.7. The van der Waals surface area contributed by atoms with E-state index >= 15 is 0 Å². The lowest BCUT2D eigenvalue weighted by Gasteiger charge is -2.21. The van der Waals surface area contributed by atoms with Gasteiger partial charge in [-0.05, 0) is 31.3 Å². The minimum Gasteiger partial charge on any atom is -0.475 e. The molecule has 0 aliphatic rings. The molecule has 0 saturated carbocycles. The zero-order chi connectivity index (χ0) is 12.8. The van der Waals surface area contributed by atoms with E-state index in [9.17, 15) is 4.79 Å². The van der Waals surface area contributed by atoms with Gasteiger partial charge in [0.2, 0.25) is 0 Å². The highest BCUT2D eigenvalue weighted by Gasteiger charge is 2.12. The third-order valence-electron chi connectivity index (χ3n) is 2.43. The molecule has 94 valence electrons. The number of methoxy groups -OCH3 is 1. The second kappa shape index (κ2) is 6.25. The van der Waals surface area contributed by atoms with E-state index in [1.165, 1.54) is 7.11 Å². The van der Waals surface area contributed by atoms with E-state index in [2.05, 4.69) is 23.9 Å². The van der Waals surface area contributed by atoms with Crippen molar-refractivity contribution in [3.05, 3.63) is 29.8 Å². The van der Waals surface area contributed by atoms with E-state index in [1.807, 2.05) is 7.05 Å². The Hall–Kier alpha value is -1.55. The average molecular weight is 237 g/mol. The molecule has 4 nitrogen and oxygen atoms in total. The highest BCUT2D eigenvalue weighted by Crippen LogP contribution is 2.16. The van der Waals surface area contributed by atoms with Gasteiger partial charge >= 0.3 is 5.97 Å². The topological polar surface area (TPSA) is 47.6 Å². The van der Waals surface area contributed by atoms with E-state index in [-0.39, 0.29) is 12.2 Å². The van der Waals surface area contributed by atoms with Crippen molar-refractivity contribution in [1.29, 1.82) is 0 Å². The van der Waals surface area contributed by atoms with Crippen LogP contribution in [0.2, 0.25) is 0 Å². The predicted octanol–water partition coefficient (Wildman–Crippen LogP) is 2.05. The van der Waals surface area contributed by atoms with Gasteiger partial charge in [0.1, 0.15) is 5.75 Å². The quantitative estimate of drug-likeness (QED) is 0.629. The number of benzene rings is 1. The van der Waals surface area contributed by atoms with Gasteiger partial charge in [-0.2, -0.15) is 0 Å². The van der Waals surface area contributed by atoms with Crippen LogP contribution in [0.4, 0.5) is 0 Å². The smallest absolute Gasteiger partial charge is 0.337 e. The Labute approximate surface area is 102 Å². The maximum Gasteiger partial charge on any atom is 0.337 e. The summed E-state index contributed by atoms with van der Waals surface area (Å²) in [5.41, 5.74) is 0.519. The van der Waals surface area contributed by atoms with Crippen molar-refractivity contribution in [2.24, 2.45) is 5.92 Å². The molecule has 1 atom stereocenters. The first-order valence-electron chi connectivity index (χ1n) is 5.60. The fraction of sp³-hybridized carbons (Fsp3) is 0.462. The second-order valence-electron chi connectivity index (χ2n) is 4.09. The standard InChI is InChI=1S/C13H19NO3/c1-9(2)12(14-3)17-11-7-5-10(6-8-11)13(15)16-4/h5-9,12,14H,1-4H3. The lowest BCUT2D eigenvalue weighted by atomic mass is 10.2. The van der Waals surface area contributed by atoms with Gasteiger partial charge in [0.25, 0.3) is 0 Å². The molecule has 0 heterocycles. The minimum absolute atomic E-state index is 0.0426. The molecule has 17 heavy (non-hydrogen) atoms. The summed E-state index contributed by atoms with van der Waals surface area (Å²) in [4.78, 5) is 11.2. The molecule has 4 heteroatoms. The molecule has 0 saturated heterocycles. The van der Waals surface area contributed by atoms with Crippen LogP contribution < -0.4 is 10.1 Å². The van der Waals surface area contributed by atoms with Crippen molar-refractivity contribution >= 4 is 5.97 Å². The van der Waals surface area contributed by atoms with E-state index in [4.69, 9.17) is 4.74 Å². The lowest BCUT2D eigenvalue weighted by molar-refractivity contribution is 0.0600. The largest absolute Gasteiger partial charge is 0.475 e. The second-order valence-corrected chi connectivity index (χ2v) is 4.09. The van der Waals surface area contributed by atoms with E-state index in [1.54, 1.807) is 24.3 Å². The van der Waals surface area contributed by atoms with Crippen LogP contribution in [0, 0.1) is 5.92 Å². The number of hydrogen-bond acceptors (Lipinski definition) is 4. The number of ether oxygens (including phenoxy) is 2. The van der Waals surface area contributed by atoms with Gasteiger partial charge in [-0.1, -0.05) is 13.8 Å². The molecule has 0 bridgehead atoms. The van der Waals surface area contributed by atoms with E-state index in [0.29, 0.717) is 11.5 Å². The Morgan fingerprint density at radius 2 is 1.82 bits per heavy atom. The average Bonchev–Trinajstić information content (AvgIpc) is 2.35. The summed E-state index contributed by atoms with van der Waals surface area (Å²) < 4.78 is 10.4. The van der Waals surface area contributed by atoms with Crippen molar-refractivity contribution < 1.29 is 14.3 Å². The Kier molecular flexibility index (Phi) is 4.97. The van der Waals surface area contributed by atoms with Crippen molar-refractivity contribution in [3.8, 4) is 5.75 Å². The van der Waals surface area contributed by atoms with Gasteiger partial charge in [0, 0.05) is 5.92 Å². The van der Waals surface area contributed by atoms with Gasteiger partial charge in [-0.15, -0.1) is 0 Å². The van der Waals surface area contributed by atoms with Crippen molar-refractivity contribution in [2.45, 2.75) is 20.1 Å². The summed E-state index contributed by atoms with van der Waals surface area (Å²) in [5, 5.41) is 3.08. The van der Waals surface area contributed by atoms with Crippen molar-refractivity contribution in [3.63, 3.8) is 0 Å². The number of esters is 1. The predicted molar refractivity (Wildman–Crippen MR) is 66.1 cm³/mol. The lowest BCUT2D eigenvalue weighted by Crippen LogP contribution is -2.36. The molecule has 0 aromatic heterocycles. The number of rotatable bonds is 5. The fourth-order valence-electron chi connectivity index (χ4n) is 1.46. The molecule has 0 amide bonds. The molecular weight excluding hydrogens is 218 g/mol. The molecule has 1 N–H and O–H groups in total. The normalized spacial score (nSPS) is 12.3. The highest BCUT2D eigenvalue weighted by molar-refractivity contribution is 5.89. The summed E-state index contributed by atoms with van der Waals surface area (Å²) in [7, 11) is 3.22. The van der Waals surface area contributed by atoms with Gasteiger partial charge in [0.05, 0.1) is 12.7 Å². The summed E-state index contributed by atoms with van der Waals surface area (Å²) in [6.07, 6.45) is -0.0426. The monoisotopic (exact) mass is 237 g/mol. The molecule has 0 radical (unpaired) electrons. The molecule has 0 aliphatic heterocycles. The Balaban J connectivity index is 2.71. The van der Waals surface area contributed by atoms with Crippen LogP contribution in [0.5, 0.6) is 5.75 Å². The van der Waals surface area contributed by atoms with Gasteiger partial charge < -0.3 is 9.47 Å². The third kappa shape index (κ3) is 3.75. The Bertz CT molecular complexity index is 359. The number of hydrogen-bond donors (Lipinski definition) is 1. The first-order chi connectivity index (χ1) is 8.08. The third-order valence-corrected chi connectivity index (χ3v) is 2.43. The molecule has 1 aromatic carbocycles. The number of carbonyl (C=O) groups excluding carboxylic acids is 1. The van der Waals surface area contributed by atoms with E-state index < -0.39 is 0 Å². The van der Waals surface area contributed by atoms with Gasteiger partial charge in [-0.25, -0.2) is 4.79 Å². The van der Waals surface area contributed by atoms with Crippen molar-refractivity contribution in [1.82, 2.24) is 5.32 Å². The molecule has 1 aromatic rings. The van der Waals surface area contributed by atoms with E-state index in [0.717, 1.165) is 5.75 Å². The summed E-state index contributed by atoms with van der Waals surface area (Å²) in [5.74, 6) is 0.747. The van der Waals surface area contributed by atoms with Gasteiger partial charge in [0.15, 0.2) is 6.23 Å². The Morgan fingerprint density at radius 1 is 1.24 bits per heavy atom. The van der Waals surface area contributed by atoms with Gasteiger partial charge in [-0.3, -0.25) is 5.32 Å².